The van der Waals surface area contributed by atoms with Crippen LogP contribution in [0.1, 0.15) is 42.5 Å². The van der Waals surface area contributed by atoms with E-state index >= 15 is 0 Å². The topological polar surface area (TPSA) is 95.6 Å². The number of fused-ring (bicyclic) bond motifs is 1. The molecule has 1 aromatic rings. The molecule has 3 rings (SSSR count). The molecule has 2 N–H and O–H groups in total. The SMILES string of the molecule is CNC(=O)c1cccc(NC(=O)C(CCSC)N2C(=O)C3CCCCC3C2=O)c1. The van der Waals surface area contributed by atoms with Gasteiger partial charge in [0, 0.05) is 18.3 Å². The Hall–Kier alpha value is -2.35. The van der Waals surface area contributed by atoms with Crippen molar-refractivity contribution >= 4 is 41.1 Å². The van der Waals surface area contributed by atoms with Crippen LogP contribution in [0.15, 0.2) is 24.3 Å². The van der Waals surface area contributed by atoms with Gasteiger partial charge in [0.25, 0.3) is 5.91 Å². The van der Waals surface area contributed by atoms with Gasteiger partial charge < -0.3 is 10.6 Å². The van der Waals surface area contributed by atoms with E-state index in [1.807, 2.05) is 6.26 Å². The molecule has 2 aliphatic rings. The van der Waals surface area contributed by atoms with Crippen LogP contribution in [0.25, 0.3) is 0 Å². The molecule has 1 heterocycles. The fraction of sp³-hybridized carbons (Fsp3) is 0.524. The molecule has 156 valence electrons. The van der Waals surface area contributed by atoms with Gasteiger partial charge >= 0.3 is 0 Å². The maximum Gasteiger partial charge on any atom is 0.251 e. The molecule has 1 saturated heterocycles. The smallest absolute Gasteiger partial charge is 0.251 e. The lowest BCUT2D eigenvalue weighted by Gasteiger charge is -2.26. The van der Waals surface area contributed by atoms with E-state index in [2.05, 4.69) is 10.6 Å². The van der Waals surface area contributed by atoms with Gasteiger partial charge in [0.2, 0.25) is 17.7 Å². The first-order valence-electron chi connectivity index (χ1n) is 9.96. The Balaban J connectivity index is 1.81. The molecule has 3 atom stereocenters. The first-order valence-corrected chi connectivity index (χ1v) is 11.4. The minimum absolute atomic E-state index is 0.208. The Morgan fingerprint density at radius 3 is 2.41 bits per heavy atom. The zero-order valence-electron chi connectivity index (χ0n) is 16.8. The highest BCUT2D eigenvalue weighted by molar-refractivity contribution is 7.98. The molecule has 3 unspecified atom stereocenters. The van der Waals surface area contributed by atoms with E-state index in [0.717, 1.165) is 25.7 Å². The second-order valence-electron chi connectivity index (χ2n) is 7.49. The highest BCUT2D eigenvalue weighted by Crippen LogP contribution is 2.39. The van der Waals surface area contributed by atoms with Crippen molar-refractivity contribution in [3.05, 3.63) is 29.8 Å². The summed E-state index contributed by atoms with van der Waals surface area (Å²) >= 11 is 1.57. The van der Waals surface area contributed by atoms with Crippen molar-refractivity contribution < 1.29 is 19.2 Å². The third-order valence-corrected chi connectivity index (χ3v) is 6.35. The Bertz CT molecular complexity index is 789. The predicted molar refractivity (Wildman–Crippen MR) is 113 cm³/mol. The molecule has 1 saturated carbocycles. The number of thioether (sulfide) groups is 1. The lowest BCUT2D eigenvalue weighted by Crippen LogP contribution is -2.48. The van der Waals surface area contributed by atoms with Gasteiger partial charge in [0.15, 0.2) is 0 Å². The molecule has 0 radical (unpaired) electrons. The van der Waals surface area contributed by atoms with Crippen molar-refractivity contribution in [1.82, 2.24) is 10.2 Å². The summed E-state index contributed by atoms with van der Waals surface area (Å²) in [6, 6.07) is 5.76. The molecule has 1 aliphatic heterocycles. The summed E-state index contributed by atoms with van der Waals surface area (Å²) in [6.45, 7) is 0. The van der Waals surface area contributed by atoms with Crippen LogP contribution in [0, 0.1) is 11.8 Å². The Labute approximate surface area is 175 Å². The normalized spacial score (nSPS) is 22.2. The number of carbonyl (C=O) groups is 4. The number of benzene rings is 1. The number of carbonyl (C=O) groups excluding carboxylic acids is 4. The van der Waals surface area contributed by atoms with Gasteiger partial charge in [-0.3, -0.25) is 24.1 Å². The average Bonchev–Trinajstić information content (AvgIpc) is 2.99. The number of nitrogens with one attached hydrogen (secondary N) is 2. The van der Waals surface area contributed by atoms with Crippen molar-refractivity contribution in [2.45, 2.75) is 38.1 Å². The third kappa shape index (κ3) is 4.47. The van der Waals surface area contributed by atoms with E-state index in [-0.39, 0.29) is 29.6 Å². The van der Waals surface area contributed by atoms with Gasteiger partial charge in [-0.25, -0.2) is 0 Å². The number of hydrogen-bond donors (Lipinski definition) is 2. The summed E-state index contributed by atoms with van der Waals surface area (Å²) in [7, 11) is 1.54. The van der Waals surface area contributed by atoms with Crippen LogP contribution >= 0.6 is 11.8 Å². The molecule has 0 bridgehead atoms. The lowest BCUT2D eigenvalue weighted by atomic mass is 9.81. The van der Waals surface area contributed by atoms with Gasteiger partial charge in [-0.05, 0) is 49.5 Å². The van der Waals surface area contributed by atoms with Crippen LogP contribution in [0.3, 0.4) is 0 Å². The fourth-order valence-electron chi connectivity index (χ4n) is 4.21. The Morgan fingerprint density at radius 2 is 1.83 bits per heavy atom. The predicted octanol–water partition coefficient (Wildman–Crippen LogP) is 2.28. The molecule has 0 aromatic heterocycles. The fourth-order valence-corrected chi connectivity index (χ4v) is 4.67. The third-order valence-electron chi connectivity index (χ3n) is 5.70. The van der Waals surface area contributed by atoms with Gasteiger partial charge in [-0.2, -0.15) is 11.8 Å². The monoisotopic (exact) mass is 417 g/mol. The summed E-state index contributed by atoms with van der Waals surface area (Å²) in [5, 5.41) is 5.34. The molecule has 0 spiro atoms. The summed E-state index contributed by atoms with van der Waals surface area (Å²) in [5.41, 5.74) is 0.882. The zero-order valence-corrected chi connectivity index (χ0v) is 17.6. The lowest BCUT2D eigenvalue weighted by molar-refractivity contribution is -0.146. The summed E-state index contributed by atoms with van der Waals surface area (Å²) in [4.78, 5) is 52.1. The van der Waals surface area contributed by atoms with Gasteiger partial charge in [-0.1, -0.05) is 18.9 Å². The number of amides is 4. The number of imide groups is 1. The van der Waals surface area contributed by atoms with Gasteiger partial charge in [0.05, 0.1) is 11.8 Å². The molecule has 8 heteroatoms. The molecule has 1 aromatic carbocycles. The second kappa shape index (κ2) is 9.43. The highest BCUT2D eigenvalue weighted by Gasteiger charge is 2.51. The van der Waals surface area contributed by atoms with Crippen LogP contribution in [-0.4, -0.2) is 53.6 Å². The molecule has 4 amide bonds. The average molecular weight is 418 g/mol. The van der Waals surface area contributed by atoms with Crippen molar-refractivity contribution in [2.24, 2.45) is 11.8 Å². The van der Waals surface area contributed by atoms with Crippen LogP contribution in [0.2, 0.25) is 0 Å². The first-order chi connectivity index (χ1) is 14.0. The van der Waals surface area contributed by atoms with Gasteiger partial charge in [-0.15, -0.1) is 0 Å². The van der Waals surface area contributed by atoms with E-state index in [9.17, 15) is 19.2 Å². The van der Waals surface area contributed by atoms with E-state index in [0.29, 0.717) is 23.4 Å². The van der Waals surface area contributed by atoms with Crippen LogP contribution in [0.4, 0.5) is 5.69 Å². The molecule has 2 fully saturated rings. The number of hydrogen-bond acceptors (Lipinski definition) is 5. The molecule has 1 aliphatic carbocycles. The summed E-state index contributed by atoms with van der Waals surface area (Å²) in [6.07, 6.45) is 5.66. The van der Waals surface area contributed by atoms with Gasteiger partial charge in [0.1, 0.15) is 6.04 Å². The van der Waals surface area contributed by atoms with Crippen LogP contribution < -0.4 is 10.6 Å². The maximum absolute atomic E-state index is 13.1. The van der Waals surface area contributed by atoms with E-state index in [1.165, 1.54) is 11.9 Å². The highest BCUT2D eigenvalue weighted by atomic mass is 32.2. The largest absolute Gasteiger partial charge is 0.355 e. The van der Waals surface area contributed by atoms with E-state index in [4.69, 9.17) is 0 Å². The number of anilines is 1. The summed E-state index contributed by atoms with van der Waals surface area (Å²) in [5.74, 6) is -0.972. The minimum Gasteiger partial charge on any atom is -0.355 e. The van der Waals surface area contributed by atoms with Crippen LogP contribution in [-0.2, 0) is 14.4 Å². The van der Waals surface area contributed by atoms with Crippen LogP contribution in [0.5, 0.6) is 0 Å². The standard InChI is InChI=1S/C21H27N3O4S/c1-22-18(25)13-6-5-7-14(12-13)23-19(26)17(10-11-29-2)24-20(27)15-8-3-4-9-16(15)21(24)28/h5-7,12,15-17H,3-4,8-11H2,1-2H3,(H,22,25)(H,23,26). The molecule has 7 nitrogen and oxygen atoms in total. The van der Waals surface area contributed by atoms with Crippen molar-refractivity contribution in [1.29, 1.82) is 0 Å². The van der Waals surface area contributed by atoms with E-state index in [1.54, 1.807) is 36.0 Å². The first kappa shape index (κ1) is 21.4. The Kier molecular flexibility index (Phi) is 6.95. The van der Waals surface area contributed by atoms with Crippen molar-refractivity contribution in [3.8, 4) is 0 Å². The quantitative estimate of drug-likeness (QED) is 0.664. The molecular weight excluding hydrogens is 390 g/mol. The number of nitrogens with zero attached hydrogens (tertiary/aromatic N) is 1. The van der Waals surface area contributed by atoms with Crippen molar-refractivity contribution in [3.63, 3.8) is 0 Å². The van der Waals surface area contributed by atoms with Crippen molar-refractivity contribution in [2.75, 3.05) is 24.4 Å². The number of rotatable bonds is 7. The number of likely N-dealkylation sites (tertiary alicyclic amines) is 1. The molecular formula is C21H27N3O4S. The molecule has 29 heavy (non-hydrogen) atoms. The second-order valence-corrected chi connectivity index (χ2v) is 8.48. The minimum atomic E-state index is -0.836. The zero-order chi connectivity index (χ0) is 21.0. The van der Waals surface area contributed by atoms with E-state index < -0.39 is 11.9 Å². The Morgan fingerprint density at radius 1 is 1.17 bits per heavy atom. The maximum atomic E-state index is 13.1. The summed E-state index contributed by atoms with van der Waals surface area (Å²) < 4.78 is 0.